The van der Waals surface area contributed by atoms with Gasteiger partial charge in [0.2, 0.25) is 0 Å². The number of aromatic nitrogens is 2. The van der Waals surface area contributed by atoms with Gasteiger partial charge >= 0.3 is 18.1 Å². The van der Waals surface area contributed by atoms with Crippen LogP contribution in [0.5, 0.6) is 0 Å². The Hall–Kier alpha value is -3.41. The van der Waals surface area contributed by atoms with Crippen molar-refractivity contribution >= 4 is 17.8 Å². The predicted octanol–water partition coefficient (Wildman–Crippen LogP) is 1.80. The van der Waals surface area contributed by atoms with E-state index in [0.29, 0.717) is 18.5 Å². The number of aliphatic carboxylic acids is 1. The van der Waals surface area contributed by atoms with Crippen molar-refractivity contribution in [1.29, 1.82) is 0 Å². The molecule has 1 aromatic heterocycles. The number of hydrogen-bond donors (Lipinski definition) is 4. The molecule has 4 N–H and O–H groups in total. The lowest BCUT2D eigenvalue weighted by Crippen LogP contribution is -2.39. The van der Waals surface area contributed by atoms with E-state index >= 15 is 0 Å². The molecule has 1 aliphatic carbocycles. The van der Waals surface area contributed by atoms with Crippen LogP contribution < -0.4 is 5.32 Å². The first-order chi connectivity index (χ1) is 14.9. The van der Waals surface area contributed by atoms with E-state index in [1.54, 1.807) is 12.1 Å². The average molecular weight is 457 g/mol. The summed E-state index contributed by atoms with van der Waals surface area (Å²) in [6.45, 7) is 2.52. The monoisotopic (exact) mass is 457 g/mol. The van der Waals surface area contributed by atoms with Gasteiger partial charge in [-0.2, -0.15) is 13.2 Å². The fraction of sp³-hybridized carbons (Fsp3) is 0.400. The standard InChI is InChI=1S/C18H21N3O4.C2HF3O2/c1-11-19-15-10-14(5-6-16(15)21(11)7-8-22)20-17(23)12-3-2-4-13(9-12)18(24)25;3-2(4,5)1(6)7/h2-4,9,14,22H,5-8,10H2,1H3,(H,20,23)(H,24,25);(H,6,7). The van der Waals surface area contributed by atoms with E-state index in [2.05, 4.69) is 10.3 Å². The smallest absolute Gasteiger partial charge is 0.478 e. The van der Waals surface area contributed by atoms with Crippen LogP contribution in [-0.4, -0.2) is 61.5 Å². The van der Waals surface area contributed by atoms with Crippen LogP contribution in [-0.2, 0) is 24.2 Å². The Morgan fingerprint density at radius 1 is 1.22 bits per heavy atom. The molecular formula is C20H22F3N3O6. The molecule has 0 saturated carbocycles. The summed E-state index contributed by atoms with van der Waals surface area (Å²) < 4.78 is 33.8. The molecule has 1 unspecified atom stereocenters. The van der Waals surface area contributed by atoms with E-state index in [0.717, 1.165) is 30.1 Å². The molecule has 1 aliphatic rings. The molecule has 0 fully saturated rings. The normalized spacial score (nSPS) is 15.2. The molecule has 1 atom stereocenters. The van der Waals surface area contributed by atoms with Gasteiger partial charge in [-0.15, -0.1) is 0 Å². The Bertz CT molecular complexity index is 1000. The van der Waals surface area contributed by atoms with Crippen molar-refractivity contribution in [3.63, 3.8) is 0 Å². The van der Waals surface area contributed by atoms with Crippen LogP contribution in [0.3, 0.4) is 0 Å². The Labute approximate surface area is 180 Å². The van der Waals surface area contributed by atoms with Crippen molar-refractivity contribution in [1.82, 2.24) is 14.9 Å². The molecule has 3 rings (SSSR count). The maximum absolute atomic E-state index is 12.4. The molecule has 9 nitrogen and oxygen atoms in total. The SMILES string of the molecule is Cc1nc2c(n1CCO)CCC(NC(=O)c1cccc(C(=O)O)c1)C2.O=C(O)C(F)(F)F. The summed E-state index contributed by atoms with van der Waals surface area (Å²) in [5, 5.41) is 28.3. The molecule has 1 aromatic carbocycles. The van der Waals surface area contributed by atoms with Crippen LogP contribution in [0.1, 0.15) is 44.3 Å². The summed E-state index contributed by atoms with van der Waals surface area (Å²) in [6.07, 6.45) is -2.87. The lowest BCUT2D eigenvalue weighted by molar-refractivity contribution is -0.192. The van der Waals surface area contributed by atoms with Gasteiger partial charge in [-0.1, -0.05) is 6.07 Å². The zero-order chi connectivity index (χ0) is 24.1. The summed E-state index contributed by atoms with van der Waals surface area (Å²) in [5.41, 5.74) is 2.52. The maximum atomic E-state index is 12.4. The molecule has 1 amide bonds. The average Bonchev–Trinajstić information content (AvgIpc) is 3.02. The number of carboxylic acids is 2. The highest BCUT2D eigenvalue weighted by molar-refractivity contribution is 5.97. The number of amides is 1. The molecular weight excluding hydrogens is 435 g/mol. The van der Waals surface area contributed by atoms with Gasteiger partial charge in [-0.3, -0.25) is 4.79 Å². The summed E-state index contributed by atoms with van der Waals surface area (Å²) in [7, 11) is 0. The molecule has 174 valence electrons. The molecule has 0 radical (unpaired) electrons. The molecule has 1 heterocycles. The molecule has 0 saturated heterocycles. The number of aryl methyl sites for hydroxylation is 1. The first-order valence-electron chi connectivity index (χ1n) is 9.54. The predicted molar refractivity (Wildman–Crippen MR) is 104 cm³/mol. The molecule has 2 aromatic rings. The number of fused-ring (bicyclic) bond motifs is 1. The van der Waals surface area contributed by atoms with Crippen LogP contribution in [0.25, 0.3) is 0 Å². The third-order valence-corrected chi connectivity index (χ3v) is 4.79. The summed E-state index contributed by atoms with van der Waals surface area (Å²) in [5.74, 6) is -3.21. The van der Waals surface area contributed by atoms with Gasteiger partial charge in [0.15, 0.2) is 0 Å². The van der Waals surface area contributed by atoms with Crippen LogP contribution >= 0.6 is 0 Å². The number of hydrogen-bond acceptors (Lipinski definition) is 5. The van der Waals surface area contributed by atoms with E-state index in [1.807, 2.05) is 11.5 Å². The van der Waals surface area contributed by atoms with E-state index in [1.165, 1.54) is 12.1 Å². The molecule has 32 heavy (non-hydrogen) atoms. The second kappa shape index (κ2) is 10.3. The van der Waals surface area contributed by atoms with Crippen molar-refractivity contribution in [2.75, 3.05) is 6.61 Å². The van der Waals surface area contributed by atoms with Crippen molar-refractivity contribution in [2.24, 2.45) is 0 Å². The molecule has 12 heteroatoms. The molecule has 0 bridgehead atoms. The number of aliphatic hydroxyl groups is 1. The number of carbonyl (C=O) groups excluding carboxylic acids is 1. The third kappa shape index (κ3) is 6.30. The van der Waals surface area contributed by atoms with Crippen LogP contribution in [0.2, 0.25) is 0 Å². The fourth-order valence-corrected chi connectivity index (χ4v) is 3.34. The van der Waals surface area contributed by atoms with Gasteiger partial charge in [0, 0.05) is 30.3 Å². The van der Waals surface area contributed by atoms with Gasteiger partial charge < -0.3 is 25.2 Å². The molecule has 0 aliphatic heterocycles. The first kappa shape index (κ1) is 24.9. The zero-order valence-corrected chi connectivity index (χ0v) is 17.0. The number of alkyl halides is 3. The molecule has 0 spiro atoms. The van der Waals surface area contributed by atoms with Gasteiger partial charge in [0.1, 0.15) is 5.82 Å². The quantitative estimate of drug-likeness (QED) is 0.536. The number of imidazole rings is 1. The second-order valence-electron chi connectivity index (χ2n) is 7.03. The highest BCUT2D eigenvalue weighted by atomic mass is 19.4. The van der Waals surface area contributed by atoms with E-state index in [-0.39, 0.29) is 24.1 Å². The maximum Gasteiger partial charge on any atom is 0.490 e. The number of aromatic carboxylic acids is 1. The van der Waals surface area contributed by atoms with Gasteiger partial charge in [-0.25, -0.2) is 14.6 Å². The lowest BCUT2D eigenvalue weighted by Gasteiger charge is -2.24. The highest BCUT2D eigenvalue weighted by Crippen LogP contribution is 2.23. The van der Waals surface area contributed by atoms with Crippen molar-refractivity contribution < 1.29 is 42.9 Å². The van der Waals surface area contributed by atoms with E-state index < -0.39 is 18.1 Å². The van der Waals surface area contributed by atoms with E-state index in [4.69, 9.17) is 15.0 Å². The Morgan fingerprint density at radius 3 is 2.41 bits per heavy atom. The summed E-state index contributed by atoms with van der Waals surface area (Å²) in [6, 6.07) is 5.98. The van der Waals surface area contributed by atoms with Crippen molar-refractivity contribution in [3.05, 3.63) is 52.6 Å². The van der Waals surface area contributed by atoms with Gasteiger partial charge in [0.05, 0.1) is 17.9 Å². The van der Waals surface area contributed by atoms with Crippen molar-refractivity contribution in [2.45, 2.75) is 44.9 Å². The second-order valence-corrected chi connectivity index (χ2v) is 7.03. The van der Waals surface area contributed by atoms with Crippen LogP contribution in [0.15, 0.2) is 24.3 Å². The summed E-state index contributed by atoms with van der Waals surface area (Å²) >= 11 is 0. The van der Waals surface area contributed by atoms with Crippen LogP contribution in [0.4, 0.5) is 13.2 Å². The first-order valence-corrected chi connectivity index (χ1v) is 9.54. The van der Waals surface area contributed by atoms with Gasteiger partial charge in [-0.05, 0) is 38.0 Å². The Kier molecular flexibility index (Phi) is 7.97. The summed E-state index contributed by atoms with van der Waals surface area (Å²) in [4.78, 5) is 36.9. The number of carboxylic acid groups (broad SMARTS) is 2. The Balaban J connectivity index is 0.000000451. The lowest BCUT2D eigenvalue weighted by atomic mass is 9.95. The Morgan fingerprint density at radius 2 is 1.84 bits per heavy atom. The van der Waals surface area contributed by atoms with Gasteiger partial charge in [0.25, 0.3) is 5.91 Å². The fourth-order valence-electron chi connectivity index (χ4n) is 3.34. The third-order valence-electron chi connectivity index (χ3n) is 4.79. The zero-order valence-electron chi connectivity index (χ0n) is 17.0. The number of aliphatic hydroxyl groups excluding tert-OH is 1. The van der Waals surface area contributed by atoms with Crippen LogP contribution in [0, 0.1) is 6.92 Å². The minimum atomic E-state index is -5.08. The number of nitrogens with zero attached hydrogens (tertiary/aromatic N) is 2. The number of carbonyl (C=O) groups is 3. The minimum absolute atomic E-state index is 0.0367. The van der Waals surface area contributed by atoms with E-state index in [9.17, 15) is 27.9 Å². The highest BCUT2D eigenvalue weighted by Gasteiger charge is 2.38. The van der Waals surface area contributed by atoms with Crippen molar-refractivity contribution in [3.8, 4) is 0 Å². The topological polar surface area (TPSA) is 142 Å². The number of nitrogens with one attached hydrogen (secondary N) is 1. The minimum Gasteiger partial charge on any atom is -0.478 e. The number of halogens is 3. The largest absolute Gasteiger partial charge is 0.490 e. The number of benzene rings is 1. The number of rotatable bonds is 5.